The van der Waals surface area contributed by atoms with Crippen LogP contribution in [0.3, 0.4) is 0 Å². The maximum absolute atomic E-state index is 15.2. The number of hydrogen-bond acceptors (Lipinski definition) is 7. The predicted molar refractivity (Wildman–Crippen MR) is 134 cm³/mol. The van der Waals surface area contributed by atoms with Crippen LogP contribution in [0.5, 0.6) is 0 Å². The third-order valence-electron chi connectivity index (χ3n) is 6.16. The molecule has 216 valence electrons. The number of alkyl halides is 2. The maximum atomic E-state index is 15.2. The highest BCUT2D eigenvalue weighted by molar-refractivity contribution is 5.93. The summed E-state index contributed by atoms with van der Waals surface area (Å²) in [4.78, 5) is 50.0. The number of hydrogen-bond donors (Lipinski definition) is 4. The van der Waals surface area contributed by atoms with Crippen LogP contribution in [0.15, 0.2) is 0 Å². The van der Waals surface area contributed by atoms with E-state index in [0.717, 1.165) is 7.11 Å². The van der Waals surface area contributed by atoms with Crippen molar-refractivity contribution in [3.63, 3.8) is 0 Å². The standard InChI is InChI=1S/C25H45F2N3O7/c1-11-14(5)17(30-23(35)37-24(7,8)9)19(31)25(26,27)22(34)29-16(13(3)4)20(32)28-18(15(6)12-2)21(33)36-10/h13-19,31H,11-12H2,1-10H3,(H,28,32)(H,29,34)(H,30,35)/t14?,15-,16-,17-,18-,19+/m0/s1. The van der Waals surface area contributed by atoms with Gasteiger partial charge in [0, 0.05) is 0 Å². The average molecular weight is 538 g/mol. The Morgan fingerprint density at radius 3 is 1.78 bits per heavy atom. The normalized spacial score (nSPS) is 17.0. The minimum absolute atomic E-state index is 0.302. The first kappa shape index (κ1) is 34.5. The molecule has 0 rings (SSSR count). The monoisotopic (exact) mass is 537 g/mol. The van der Waals surface area contributed by atoms with Crippen LogP contribution in [0.1, 0.15) is 75.2 Å². The fraction of sp³-hybridized carbons (Fsp3) is 0.840. The number of alkyl carbamates (subject to hydrolysis) is 1. The maximum Gasteiger partial charge on any atom is 0.407 e. The number of aliphatic hydroxyl groups excluding tert-OH is 1. The minimum Gasteiger partial charge on any atom is -0.467 e. The SMILES string of the molecule is CCC(C)[C@H](NC(=O)OC(C)(C)C)[C@@H](O)C(F)(F)C(=O)N[C@H](C(=O)N[C@H](C(=O)OC)[C@@H](C)CC)C(C)C. The van der Waals surface area contributed by atoms with Crippen LogP contribution in [0.25, 0.3) is 0 Å². The van der Waals surface area contributed by atoms with Gasteiger partial charge in [-0.05, 0) is 38.5 Å². The fourth-order valence-corrected chi connectivity index (χ4v) is 3.40. The van der Waals surface area contributed by atoms with E-state index in [0.29, 0.717) is 12.8 Å². The molecule has 0 bridgehead atoms. The molecule has 0 spiro atoms. The van der Waals surface area contributed by atoms with Crippen LogP contribution in [0.2, 0.25) is 0 Å². The van der Waals surface area contributed by atoms with Crippen molar-refractivity contribution < 1.29 is 42.5 Å². The van der Waals surface area contributed by atoms with Crippen LogP contribution in [-0.2, 0) is 23.9 Å². The van der Waals surface area contributed by atoms with E-state index in [4.69, 9.17) is 9.47 Å². The zero-order valence-electron chi connectivity index (χ0n) is 23.6. The number of nitrogens with one attached hydrogen (secondary N) is 3. The molecule has 0 aromatic rings. The van der Waals surface area contributed by atoms with E-state index >= 15 is 8.78 Å². The summed E-state index contributed by atoms with van der Waals surface area (Å²) in [6, 6.07) is -4.01. The molecule has 3 amide bonds. The van der Waals surface area contributed by atoms with E-state index in [1.165, 1.54) is 20.8 Å². The predicted octanol–water partition coefficient (Wildman–Crippen LogP) is 2.77. The molecule has 4 N–H and O–H groups in total. The van der Waals surface area contributed by atoms with Crippen LogP contribution in [0.4, 0.5) is 13.6 Å². The molecule has 0 aromatic carbocycles. The van der Waals surface area contributed by atoms with Crippen LogP contribution >= 0.6 is 0 Å². The Morgan fingerprint density at radius 2 is 1.38 bits per heavy atom. The molecule has 1 unspecified atom stereocenters. The molecule has 0 aliphatic rings. The van der Waals surface area contributed by atoms with Crippen molar-refractivity contribution in [3.8, 4) is 0 Å². The van der Waals surface area contributed by atoms with Crippen LogP contribution < -0.4 is 16.0 Å². The first-order chi connectivity index (χ1) is 16.8. The van der Waals surface area contributed by atoms with Gasteiger partial charge < -0.3 is 30.5 Å². The van der Waals surface area contributed by atoms with Gasteiger partial charge in [-0.1, -0.05) is 54.4 Å². The molecular formula is C25H45F2N3O7. The smallest absolute Gasteiger partial charge is 0.407 e. The highest BCUT2D eigenvalue weighted by Gasteiger charge is 2.52. The summed E-state index contributed by atoms with van der Waals surface area (Å²) < 4.78 is 40.2. The zero-order chi connectivity index (χ0) is 29.3. The lowest BCUT2D eigenvalue weighted by Gasteiger charge is -2.34. The number of aliphatic hydroxyl groups is 1. The van der Waals surface area contributed by atoms with Gasteiger partial charge in [-0.25, -0.2) is 9.59 Å². The van der Waals surface area contributed by atoms with Crippen LogP contribution in [-0.4, -0.2) is 71.8 Å². The lowest BCUT2D eigenvalue weighted by Crippen LogP contribution is -2.63. The first-order valence-corrected chi connectivity index (χ1v) is 12.6. The summed E-state index contributed by atoms with van der Waals surface area (Å²) in [6.45, 7) is 14.5. The Hall–Kier alpha value is -2.50. The number of carbonyl (C=O) groups is 4. The Balaban J connectivity index is 5.83. The molecule has 37 heavy (non-hydrogen) atoms. The highest BCUT2D eigenvalue weighted by Crippen LogP contribution is 2.27. The second-order valence-corrected chi connectivity index (χ2v) is 10.7. The Bertz CT molecular complexity index is 787. The van der Waals surface area contributed by atoms with Gasteiger partial charge >= 0.3 is 18.0 Å². The largest absolute Gasteiger partial charge is 0.467 e. The van der Waals surface area contributed by atoms with E-state index in [2.05, 4.69) is 10.6 Å². The number of rotatable bonds is 13. The highest BCUT2D eigenvalue weighted by atomic mass is 19.3. The van der Waals surface area contributed by atoms with Gasteiger partial charge in [0.05, 0.1) is 13.2 Å². The Kier molecular flexibility index (Phi) is 13.5. The molecular weight excluding hydrogens is 492 g/mol. The molecule has 0 heterocycles. The molecule has 0 fully saturated rings. The van der Waals surface area contributed by atoms with E-state index in [1.807, 2.05) is 5.32 Å². The van der Waals surface area contributed by atoms with Crippen molar-refractivity contribution in [2.24, 2.45) is 17.8 Å². The van der Waals surface area contributed by atoms with Gasteiger partial charge in [-0.15, -0.1) is 0 Å². The molecule has 0 radical (unpaired) electrons. The van der Waals surface area contributed by atoms with E-state index < -0.39 is 71.5 Å². The average Bonchev–Trinajstić information content (AvgIpc) is 2.80. The molecule has 0 saturated heterocycles. The van der Waals surface area contributed by atoms with Crippen molar-refractivity contribution in [2.45, 2.75) is 111 Å². The number of carbonyl (C=O) groups excluding carboxylic acids is 4. The second-order valence-electron chi connectivity index (χ2n) is 10.7. The molecule has 10 nitrogen and oxygen atoms in total. The topological polar surface area (TPSA) is 143 Å². The minimum atomic E-state index is -4.38. The number of ether oxygens (including phenoxy) is 2. The summed E-state index contributed by atoms with van der Waals surface area (Å²) in [6.07, 6.45) is -2.82. The zero-order valence-corrected chi connectivity index (χ0v) is 23.6. The van der Waals surface area contributed by atoms with Crippen molar-refractivity contribution >= 4 is 23.9 Å². The first-order valence-electron chi connectivity index (χ1n) is 12.6. The van der Waals surface area contributed by atoms with E-state index in [9.17, 15) is 24.3 Å². The van der Waals surface area contributed by atoms with Crippen LogP contribution in [0, 0.1) is 17.8 Å². The lowest BCUT2D eigenvalue weighted by atomic mass is 9.90. The Labute approximate surface area is 218 Å². The van der Waals surface area contributed by atoms with Gasteiger partial charge in [0.1, 0.15) is 23.8 Å². The summed E-state index contributed by atoms with van der Waals surface area (Å²) >= 11 is 0. The molecule has 0 aromatic heterocycles. The van der Waals surface area contributed by atoms with E-state index in [1.54, 1.807) is 41.5 Å². The second kappa shape index (κ2) is 14.4. The number of methoxy groups -OCH3 is 1. The van der Waals surface area contributed by atoms with Crippen molar-refractivity contribution in [2.75, 3.05) is 7.11 Å². The Morgan fingerprint density at radius 1 is 0.865 bits per heavy atom. The quantitative estimate of drug-likeness (QED) is 0.265. The lowest BCUT2D eigenvalue weighted by molar-refractivity contribution is -0.170. The molecule has 0 aliphatic carbocycles. The third kappa shape index (κ3) is 10.4. The number of halogens is 2. The van der Waals surface area contributed by atoms with Gasteiger partial charge in [-0.3, -0.25) is 9.59 Å². The number of esters is 1. The van der Waals surface area contributed by atoms with Crippen molar-refractivity contribution in [1.82, 2.24) is 16.0 Å². The van der Waals surface area contributed by atoms with Gasteiger partial charge in [0.15, 0.2) is 0 Å². The summed E-state index contributed by atoms with van der Waals surface area (Å²) in [5.41, 5.74) is -0.913. The fourth-order valence-electron chi connectivity index (χ4n) is 3.40. The third-order valence-corrected chi connectivity index (χ3v) is 6.16. The summed E-state index contributed by atoms with van der Waals surface area (Å²) in [5, 5.41) is 17.3. The van der Waals surface area contributed by atoms with Gasteiger partial charge in [0.25, 0.3) is 5.91 Å². The molecule has 0 aliphatic heterocycles. The van der Waals surface area contributed by atoms with Gasteiger partial charge in [-0.2, -0.15) is 8.78 Å². The van der Waals surface area contributed by atoms with Crippen molar-refractivity contribution in [3.05, 3.63) is 0 Å². The van der Waals surface area contributed by atoms with E-state index in [-0.39, 0.29) is 5.92 Å². The molecule has 6 atom stereocenters. The van der Waals surface area contributed by atoms with Gasteiger partial charge in [0.2, 0.25) is 5.91 Å². The summed E-state index contributed by atoms with van der Waals surface area (Å²) in [7, 11) is 1.16. The molecule has 12 heteroatoms. The van der Waals surface area contributed by atoms with Crippen molar-refractivity contribution in [1.29, 1.82) is 0 Å². The molecule has 0 saturated carbocycles. The number of amides is 3. The summed E-state index contributed by atoms with van der Waals surface area (Å²) in [5.74, 6) is -9.45.